The summed E-state index contributed by atoms with van der Waals surface area (Å²) >= 11 is 1.71. The molecule has 1 amide bonds. The summed E-state index contributed by atoms with van der Waals surface area (Å²) < 4.78 is 13.1. The molecule has 0 spiro atoms. The van der Waals surface area contributed by atoms with E-state index in [1.54, 1.807) is 11.3 Å². The van der Waals surface area contributed by atoms with Gasteiger partial charge >= 0.3 is 0 Å². The van der Waals surface area contributed by atoms with Crippen LogP contribution in [0.1, 0.15) is 35.9 Å². The van der Waals surface area contributed by atoms with E-state index in [4.69, 9.17) is 9.47 Å². The smallest absolute Gasteiger partial charge is 0.270 e. The van der Waals surface area contributed by atoms with Crippen molar-refractivity contribution in [3.8, 4) is 11.5 Å². The van der Waals surface area contributed by atoms with Crippen LogP contribution >= 0.6 is 11.3 Å². The van der Waals surface area contributed by atoms with Crippen molar-refractivity contribution in [1.29, 1.82) is 0 Å². The van der Waals surface area contributed by atoms with E-state index in [0.29, 0.717) is 6.79 Å². The van der Waals surface area contributed by atoms with Crippen molar-refractivity contribution >= 4 is 27.5 Å². The molecule has 1 aromatic carbocycles. The van der Waals surface area contributed by atoms with Crippen LogP contribution in [0.5, 0.6) is 11.5 Å². The first-order valence-electron chi connectivity index (χ1n) is 10.2. The number of fused-ring (bicyclic) bond motifs is 2. The third-order valence-electron chi connectivity index (χ3n) is 5.83. The first-order chi connectivity index (χ1) is 14.1. The number of amides is 1. The van der Waals surface area contributed by atoms with Crippen LogP contribution in [-0.4, -0.2) is 48.3 Å². The molecule has 0 aliphatic carbocycles. The largest absolute Gasteiger partial charge is 0.454 e. The Labute approximate surface area is 174 Å². The van der Waals surface area contributed by atoms with Crippen LogP contribution in [0.3, 0.4) is 0 Å². The highest BCUT2D eigenvalue weighted by atomic mass is 32.1. The summed E-state index contributed by atoms with van der Waals surface area (Å²) in [5.41, 5.74) is 2.07. The van der Waals surface area contributed by atoms with E-state index >= 15 is 0 Å². The maximum Gasteiger partial charge on any atom is 0.270 e. The van der Waals surface area contributed by atoms with Crippen molar-refractivity contribution in [1.82, 2.24) is 9.47 Å². The van der Waals surface area contributed by atoms with Gasteiger partial charge in [-0.15, -0.1) is 11.3 Å². The summed E-state index contributed by atoms with van der Waals surface area (Å²) in [6, 6.07) is 10.6. The molecule has 0 unspecified atom stereocenters. The first kappa shape index (κ1) is 18.5. The Balaban J connectivity index is 1.25. The second-order valence-electron chi connectivity index (χ2n) is 8.08. The molecule has 29 heavy (non-hydrogen) atoms. The van der Waals surface area contributed by atoms with Gasteiger partial charge in [-0.25, -0.2) is 0 Å². The standard InChI is InChI=1S/C22H25N3O3S/c1-15(2)25-18(12-17-5-10-29-22(17)25)21(26)24-8-6-23(7-9-24)13-16-3-4-19-20(11-16)28-14-27-19/h3-5,10-12,15H,6-9,13-14H2,1-2H3/p+1. The summed E-state index contributed by atoms with van der Waals surface area (Å²) in [6.07, 6.45) is 0. The van der Waals surface area contributed by atoms with Crippen molar-refractivity contribution < 1.29 is 19.2 Å². The van der Waals surface area contributed by atoms with Gasteiger partial charge in [-0.1, -0.05) is 0 Å². The van der Waals surface area contributed by atoms with E-state index in [-0.39, 0.29) is 11.9 Å². The van der Waals surface area contributed by atoms with Crippen molar-refractivity contribution in [3.05, 3.63) is 47.0 Å². The Morgan fingerprint density at radius 1 is 1.14 bits per heavy atom. The van der Waals surface area contributed by atoms with E-state index < -0.39 is 0 Å². The minimum Gasteiger partial charge on any atom is -0.454 e. The Morgan fingerprint density at radius 2 is 1.93 bits per heavy atom. The summed E-state index contributed by atoms with van der Waals surface area (Å²) in [4.78, 5) is 18.0. The van der Waals surface area contributed by atoms with E-state index in [1.165, 1.54) is 20.7 Å². The molecule has 1 saturated heterocycles. The Morgan fingerprint density at radius 3 is 2.72 bits per heavy atom. The number of piperazine rings is 1. The Kier molecular flexibility index (Phi) is 4.72. The molecule has 6 nitrogen and oxygen atoms in total. The predicted molar refractivity (Wildman–Crippen MR) is 113 cm³/mol. The van der Waals surface area contributed by atoms with Gasteiger partial charge in [0.05, 0.1) is 26.2 Å². The molecular formula is C22H26N3O3S+. The molecule has 2 aliphatic rings. The molecule has 1 N–H and O–H groups in total. The number of hydrogen-bond acceptors (Lipinski definition) is 4. The molecule has 4 heterocycles. The number of carbonyl (C=O) groups is 1. The lowest BCUT2D eigenvalue weighted by Gasteiger charge is -2.32. The fourth-order valence-electron chi connectivity index (χ4n) is 4.32. The van der Waals surface area contributed by atoms with Crippen molar-refractivity contribution in [2.24, 2.45) is 0 Å². The van der Waals surface area contributed by atoms with E-state index in [2.05, 4.69) is 48.1 Å². The van der Waals surface area contributed by atoms with Crippen LogP contribution in [0, 0.1) is 0 Å². The topological polar surface area (TPSA) is 48.1 Å². The van der Waals surface area contributed by atoms with Gasteiger partial charge in [-0.05, 0) is 49.6 Å². The number of ether oxygens (including phenoxy) is 2. The summed E-state index contributed by atoms with van der Waals surface area (Å²) in [5, 5.41) is 3.26. The minimum atomic E-state index is 0.157. The molecule has 0 saturated carbocycles. The average molecular weight is 413 g/mol. The van der Waals surface area contributed by atoms with Gasteiger partial charge in [-0.2, -0.15) is 0 Å². The van der Waals surface area contributed by atoms with Crippen molar-refractivity contribution in [3.63, 3.8) is 0 Å². The Hall–Kier alpha value is -2.51. The predicted octanol–water partition coefficient (Wildman–Crippen LogP) is 2.55. The summed E-state index contributed by atoms with van der Waals surface area (Å²) in [5.74, 6) is 1.82. The monoisotopic (exact) mass is 412 g/mol. The summed E-state index contributed by atoms with van der Waals surface area (Å²) in [7, 11) is 0. The highest BCUT2D eigenvalue weighted by Gasteiger charge is 2.28. The number of hydrogen-bond donors (Lipinski definition) is 1. The number of thiophene rings is 1. The molecular weight excluding hydrogens is 386 g/mol. The van der Waals surface area contributed by atoms with Gasteiger partial charge < -0.3 is 23.8 Å². The molecule has 2 aromatic heterocycles. The zero-order chi connectivity index (χ0) is 20.0. The lowest BCUT2D eigenvalue weighted by molar-refractivity contribution is -0.917. The number of carbonyl (C=O) groups excluding carboxylic acids is 1. The van der Waals surface area contributed by atoms with Gasteiger partial charge in [0.2, 0.25) is 6.79 Å². The maximum absolute atomic E-state index is 13.3. The summed E-state index contributed by atoms with van der Waals surface area (Å²) in [6.45, 7) is 9.02. The number of nitrogens with zero attached hydrogens (tertiary/aromatic N) is 2. The fraction of sp³-hybridized carbons (Fsp3) is 0.409. The molecule has 152 valence electrons. The van der Waals surface area contributed by atoms with Crippen LogP contribution in [-0.2, 0) is 6.54 Å². The van der Waals surface area contributed by atoms with Gasteiger partial charge in [0.1, 0.15) is 17.1 Å². The quantitative estimate of drug-likeness (QED) is 0.717. The normalized spacial score (nSPS) is 16.9. The zero-order valence-electron chi connectivity index (χ0n) is 16.8. The highest BCUT2D eigenvalue weighted by molar-refractivity contribution is 7.16. The average Bonchev–Trinajstić information content (AvgIpc) is 3.42. The van der Waals surface area contributed by atoms with E-state index in [9.17, 15) is 4.79 Å². The lowest BCUT2D eigenvalue weighted by atomic mass is 10.1. The van der Waals surface area contributed by atoms with Gasteiger partial charge in [0, 0.05) is 17.0 Å². The molecule has 3 aromatic rings. The van der Waals surface area contributed by atoms with Crippen LogP contribution in [0.2, 0.25) is 0 Å². The highest BCUT2D eigenvalue weighted by Crippen LogP contribution is 2.32. The molecule has 0 atom stereocenters. The fourth-order valence-corrected chi connectivity index (χ4v) is 5.35. The third-order valence-corrected chi connectivity index (χ3v) is 6.76. The second-order valence-corrected chi connectivity index (χ2v) is 8.98. The molecule has 5 rings (SSSR count). The lowest BCUT2D eigenvalue weighted by Crippen LogP contribution is -3.13. The molecule has 0 bridgehead atoms. The third kappa shape index (κ3) is 3.38. The van der Waals surface area contributed by atoms with Crippen LogP contribution < -0.4 is 14.4 Å². The number of benzene rings is 1. The maximum atomic E-state index is 13.3. The van der Waals surface area contributed by atoms with E-state index in [1.807, 2.05) is 11.0 Å². The first-order valence-corrected chi connectivity index (χ1v) is 11.1. The number of quaternary nitrogens is 1. The number of aromatic nitrogens is 1. The molecule has 1 fully saturated rings. The Bertz CT molecular complexity index is 1050. The van der Waals surface area contributed by atoms with Crippen LogP contribution in [0.25, 0.3) is 10.2 Å². The van der Waals surface area contributed by atoms with Gasteiger partial charge in [0.15, 0.2) is 11.5 Å². The number of rotatable bonds is 4. The molecule has 7 heteroatoms. The van der Waals surface area contributed by atoms with Gasteiger partial charge in [-0.3, -0.25) is 4.79 Å². The molecule has 0 radical (unpaired) electrons. The zero-order valence-corrected chi connectivity index (χ0v) is 17.6. The SMILES string of the molecule is CC(C)n1c(C(=O)N2CC[NH+](Cc3ccc4c(c3)OCO4)CC2)cc2ccsc21. The number of nitrogens with one attached hydrogen (secondary N) is 1. The minimum absolute atomic E-state index is 0.157. The van der Waals surface area contributed by atoms with Crippen molar-refractivity contribution in [2.45, 2.75) is 26.4 Å². The van der Waals surface area contributed by atoms with Gasteiger partial charge in [0.25, 0.3) is 5.91 Å². The van der Waals surface area contributed by atoms with Crippen LogP contribution in [0.4, 0.5) is 0 Å². The van der Waals surface area contributed by atoms with Crippen molar-refractivity contribution in [2.75, 3.05) is 33.0 Å². The molecule has 2 aliphatic heterocycles. The van der Waals surface area contributed by atoms with E-state index in [0.717, 1.165) is 49.9 Å². The van der Waals surface area contributed by atoms with Crippen LogP contribution in [0.15, 0.2) is 35.7 Å². The second kappa shape index (κ2) is 7.39.